The average molecular weight is 209 g/mol. The van der Waals surface area contributed by atoms with Gasteiger partial charge in [-0.3, -0.25) is 9.59 Å². The summed E-state index contributed by atoms with van der Waals surface area (Å²) in [6, 6.07) is -1.77. The van der Waals surface area contributed by atoms with Crippen LogP contribution in [0.25, 0.3) is 0 Å². The van der Waals surface area contributed by atoms with Gasteiger partial charge in [-0.15, -0.1) is 0 Å². The van der Waals surface area contributed by atoms with Crippen molar-refractivity contribution in [1.29, 1.82) is 0 Å². The third kappa shape index (κ3) is 4.44. The maximum Gasteiger partial charge on any atom is 0.328 e. The molecule has 1 amide bonds. The summed E-state index contributed by atoms with van der Waals surface area (Å²) in [6.45, 7) is -3.06. The summed E-state index contributed by atoms with van der Waals surface area (Å²) in [6.07, 6.45) is -0.757. The van der Waals surface area contributed by atoms with Gasteiger partial charge in [-0.1, -0.05) is 0 Å². The summed E-state index contributed by atoms with van der Waals surface area (Å²) in [7, 11) is -2.09. The van der Waals surface area contributed by atoms with Crippen molar-refractivity contribution in [1.82, 2.24) is 5.32 Å². The lowest BCUT2D eigenvalue weighted by Gasteiger charge is -2.13. The second-order valence-electron chi connectivity index (χ2n) is 2.23. The van der Waals surface area contributed by atoms with Gasteiger partial charge in [0, 0.05) is 11.0 Å². The van der Waals surface area contributed by atoms with Gasteiger partial charge >= 0.3 is 11.9 Å². The van der Waals surface area contributed by atoms with Crippen LogP contribution >= 0.6 is 0 Å². The van der Waals surface area contributed by atoms with Crippen molar-refractivity contribution >= 4 is 17.8 Å². The maximum atomic E-state index is 11.5. The molecule has 0 aliphatic rings. The van der Waals surface area contributed by atoms with Gasteiger partial charge in [0.25, 0.3) is 0 Å². The van der Waals surface area contributed by atoms with Crippen LogP contribution in [0.2, 0.25) is 0 Å². The molecule has 0 spiro atoms. The first-order valence-corrected chi connectivity index (χ1v) is 3.47. The molecular weight excluding hydrogens is 190 g/mol. The minimum atomic E-state index is -3.09. The van der Waals surface area contributed by atoms with Gasteiger partial charge in [-0.25, -0.2) is 4.79 Å². The van der Waals surface area contributed by atoms with Crippen molar-refractivity contribution in [3.63, 3.8) is 0 Å². The van der Waals surface area contributed by atoms with Crippen molar-refractivity contribution < 1.29 is 32.1 Å². The molecule has 0 saturated heterocycles. The molecule has 80 valence electrons. The quantitative estimate of drug-likeness (QED) is 0.615. The molecule has 6 nitrogen and oxygen atoms in total. The molecule has 1 atom stereocenters. The number of ether oxygens (including phenoxy) is 2. The topological polar surface area (TPSA) is 81.7 Å². The number of hydrogen-bond acceptors (Lipinski definition) is 5. The molecule has 0 aromatic carbocycles. The molecule has 0 radical (unpaired) electrons. The number of amides is 1. The highest BCUT2D eigenvalue weighted by Gasteiger charge is 2.23. The Morgan fingerprint density at radius 3 is 2.64 bits per heavy atom. The fourth-order valence-electron chi connectivity index (χ4n) is 0.673. The molecule has 14 heavy (non-hydrogen) atoms. The van der Waals surface area contributed by atoms with Crippen LogP contribution in [0.1, 0.15) is 21.5 Å². The molecule has 0 aromatic rings. The monoisotopic (exact) mass is 209 g/mol. The Kier molecular flexibility index (Phi) is 2.27. The Balaban J connectivity index is 4.95. The van der Waals surface area contributed by atoms with E-state index in [0.29, 0.717) is 0 Å². The Morgan fingerprint density at radius 2 is 2.14 bits per heavy atom. The van der Waals surface area contributed by atoms with Gasteiger partial charge in [0.2, 0.25) is 5.91 Å². The van der Waals surface area contributed by atoms with Crippen LogP contribution in [-0.2, 0) is 23.9 Å². The Labute approximate surface area is 90.0 Å². The normalized spacial score (nSPS) is 19.5. The van der Waals surface area contributed by atoms with Gasteiger partial charge in [0.15, 0.2) is 0 Å². The molecule has 6 heteroatoms. The van der Waals surface area contributed by atoms with E-state index >= 15 is 0 Å². The second-order valence-corrected chi connectivity index (χ2v) is 2.23. The number of esters is 2. The van der Waals surface area contributed by atoms with E-state index in [1.165, 1.54) is 0 Å². The Bertz CT molecular complexity index is 390. The lowest BCUT2D eigenvalue weighted by atomic mass is 10.2. The number of carbonyl (C=O) groups is 3. The van der Waals surface area contributed by atoms with E-state index in [9.17, 15) is 14.4 Å². The second kappa shape index (κ2) is 5.95. The largest absolute Gasteiger partial charge is 0.469 e. The highest BCUT2D eigenvalue weighted by Crippen LogP contribution is 1.97. The van der Waals surface area contributed by atoms with E-state index < -0.39 is 44.2 Å². The average Bonchev–Trinajstić information content (AvgIpc) is 2.23. The predicted octanol–water partition coefficient (Wildman–Crippen LogP) is -0.773. The minimum Gasteiger partial charge on any atom is -0.469 e. The third-order valence-corrected chi connectivity index (χ3v) is 1.29. The molecule has 0 aromatic heterocycles. The molecule has 0 fully saturated rings. The highest BCUT2D eigenvalue weighted by atomic mass is 16.5. The molecule has 0 heterocycles. The summed E-state index contributed by atoms with van der Waals surface area (Å²) >= 11 is 0. The first-order valence-electron chi connectivity index (χ1n) is 6.47. The smallest absolute Gasteiger partial charge is 0.328 e. The van der Waals surface area contributed by atoms with Crippen LogP contribution in [0, 0.1) is 0 Å². The van der Waals surface area contributed by atoms with Crippen molar-refractivity contribution in [2.75, 3.05) is 14.1 Å². The van der Waals surface area contributed by atoms with E-state index in [1.54, 1.807) is 5.32 Å². The summed E-state index contributed by atoms with van der Waals surface area (Å²) in [5.74, 6) is -3.94. The van der Waals surface area contributed by atoms with Crippen LogP contribution < -0.4 is 5.32 Å². The fourth-order valence-corrected chi connectivity index (χ4v) is 0.673. The molecule has 1 N–H and O–H groups in total. The molecule has 0 aliphatic carbocycles. The maximum absolute atomic E-state index is 11.5. The number of rotatable bonds is 4. The molecule has 0 rings (SSSR count). The van der Waals surface area contributed by atoms with E-state index in [0.717, 1.165) is 7.11 Å². The van der Waals surface area contributed by atoms with Crippen molar-refractivity contribution in [2.24, 2.45) is 0 Å². The van der Waals surface area contributed by atoms with Crippen LogP contribution in [0.15, 0.2) is 0 Å². The highest BCUT2D eigenvalue weighted by molar-refractivity contribution is 5.87. The summed E-state index contributed by atoms with van der Waals surface area (Å²) < 4.78 is 48.9. The van der Waals surface area contributed by atoms with E-state index in [2.05, 4.69) is 9.47 Å². The lowest BCUT2D eigenvalue weighted by molar-refractivity contribution is -0.150. The first-order chi connectivity index (χ1) is 8.86. The van der Waals surface area contributed by atoms with Crippen molar-refractivity contribution in [2.45, 2.75) is 19.3 Å². The molecule has 0 saturated carbocycles. The standard InChI is InChI=1S/C8H13NO5/c1-5(10)9-6(8(12)14-3)4-7(11)13-2/h6H,4H2,1-3H3,(H,9,10)/t6-/m0/s1/i1D3,3D3. The third-order valence-electron chi connectivity index (χ3n) is 1.29. The van der Waals surface area contributed by atoms with Crippen LogP contribution in [0.5, 0.6) is 0 Å². The summed E-state index contributed by atoms with van der Waals surface area (Å²) in [4.78, 5) is 33.8. The zero-order chi connectivity index (χ0) is 16.1. The molecule has 0 unspecified atom stereocenters. The first kappa shape index (κ1) is 5.33. The van der Waals surface area contributed by atoms with Gasteiger partial charge in [-0.05, 0) is 0 Å². The number of nitrogens with one attached hydrogen (secondary N) is 1. The van der Waals surface area contributed by atoms with Gasteiger partial charge < -0.3 is 14.8 Å². The summed E-state index contributed by atoms with van der Waals surface area (Å²) in [5.41, 5.74) is 0. The predicted molar refractivity (Wildman–Crippen MR) is 46.3 cm³/mol. The SMILES string of the molecule is [2H]C([2H])([2H])OC(=O)[C@H](CC(=O)OC)NC(=O)C([2H])([2H])[2H]. The van der Waals surface area contributed by atoms with Gasteiger partial charge in [0.05, 0.1) is 24.7 Å². The van der Waals surface area contributed by atoms with Crippen LogP contribution in [0.3, 0.4) is 0 Å². The molecular formula is C8H13NO5. The molecule has 0 bridgehead atoms. The lowest BCUT2D eigenvalue weighted by Crippen LogP contribution is -2.42. The fraction of sp³-hybridized carbons (Fsp3) is 0.625. The molecule has 0 aliphatic heterocycles. The van der Waals surface area contributed by atoms with Crippen LogP contribution in [0.4, 0.5) is 0 Å². The number of carbonyl (C=O) groups excluding carboxylic acids is 3. The van der Waals surface area contributed by atoms with Gasteiger partial charge in [-0.2, -0.15) is 0 Å². The number of hydrogen-bond donors (Lipinski definition) is 1. The Morgan fingerprint density at radius 1 is 1.43 bits per heavy atom. The van der Waals surface area contributed by atoms with Crippen molar-refractivity contribution in [3.8, 4) is 0 Å². The minimum absolute atomic E-state index is 0.757. The van der Waals surface area contributed by atoms with Crippen molar-refractivity contribution in [3.05, 3.63) is 0 Å². The van der Waals surface area contributed by atoms with Gasteiger partial charge in [0.1, 0.15) is 6.04 Å². The van der Waals surface area contributed by atoms with E-state index in [-0.39, 0.29) is 0 Å². The van der Waals surface area contributed by atoms with Crippen LogP contribution in [-0.4, -0.2) is 38.0 Å². The van der Waals surface area contributed by atoms with E-state index in [1.807, 2.05) is 0 Å². The van der Waals surface area contributed by atoms with E-state index in [4.69, 9.17) is 8.22 Å². The zero-order valence-electron chi connectivity index (χ0n) is 13.3. The number of methoxy groups -OCH3 is 2. The zero-order valence-corrected chi connectivity index (χ0v) is 7.33. The summed E-state index contributed by atoms with van der Waals surface area (Å²) in [5, 5.41) is 1.72. The Hall–Kier alpha value is -1.59.